The quantitative estimate of drug-likeness (QED) is 0.730. The van der Waals surface area contributed by atoms with Crippen molar-refractivity contribution >= 4 is 11.7 Å². The predicted molar refractivity (Wildman–Crippen MR) is 95.5 cm³/mol. The van der Waals surface area contributed by atoms with Crippen LogP contribution in [-0.4, -0.2) is 19.6 Å². The molecule has 0 fully saturated rings. The van der Waals surface area contributed by atoms with Gasteiger partial charge < -0.3 is 5.32 Å². The smallest absolute Gasteiger partial charge is 0.277 e. The molecule has 0 aliphatic carbocycles. The van der Waals surface area contributed by atoms with Gasteiger partial charge in [0, 0.05) is 12.1 Å². The Bertz CT molecular complexity index is 909. The molecule has 0 radical (unpaired) electrons. The zero-order chi connectivity index (χ0) is 17.1. The van der Waals surface area contributed by atoms with Gasteiger partial charge in [0.1, 0.15) is 0 Å². The van der Waals surface area contributed by atoms with E-state index in [1.165, 1.54) is 10.1 Å². The molecule has 0 bridgehead atoms. The topological polar surface area (TPSA) is 75.1 Å². The maximum Gasteiger partial charge on any atom is 0.277 e. The summed E-state index contributed by atoms with van der Waals surface area (Å²) in [5.74, 6) is 0.956. The molecule has 0 saturated heterocycles. The van der Waals surface area contributed by atoms with Crippen molar-refractivity contribution in [1.82, 2.24) is 19.6 Å². The van der Waals surface area contributed by atoms with Crippen molar-refractivity contribution in [2.45, 2.75) is 46.6 Å². The first-order valence-electron chi connectivity index (χ1n) is 8.36. The van der Waals surface area contributed by atoms with Crippen molar-refractivity contribution in [1.29, 1.82) is 0 Å². The molecule has 2 heterocycles. The number of aryl methyl sites for hydroxylation is 2. The minimum absolute atomic E-state index is 0.0537. The first-order chi connectivity index (χ1) is 11.6. The zero-order valence-corrected chi connectivity index (χ0v) is 14.4. The van der Waals surface area contributed by atoms with E-state index in [4.69, 9.17) is 0 Å². The van der Waals surface area contributed by atoms with Crippen LogP contribution in [0.4, 0.5) is 5.95 Å². The summed E-state index contributed by atoms with van der Waals surface area (Å²) >= 11 is 0. The van der Waals surface area contributed by atoms with Gasteiger partial charge in [-0.05, 0) is 32.3 Å². The maximum atomic E-state index is 12.6. The van der Waals surface area contributed by atoms with Crippen molar-refractivity contribution in [3.63, 3.8) is 0 Å². The van der Waals surface area contributed by atoms with Crippen molar-refractivity contribution in [2.75, 3.05) is 5.32 Å². The number of hydrogen-bond acceptors (Lipinski definition) is 4. The summed E-state index contributed by atoms with van der Waals surface area (Å²) in [5, 5.41) is 6.23. The Balaban J connectivity index is 1.85. The van der Waals surface area contributed by atoms with Crippen molar-refractivity contribution in [3.05, 3.63) is 57.0 Å². The third kappa shape index (κ3) is 3.32. The van der Waals surface area contributed by atoms with Gasteiger partial charge in [-0.2, -0.15) is 9.50 Å². The molecule has 0 atom stereocenters. The highest BCUT2D eigenvalue weighted by Gasteiger charge is 2.12. The number of unbranched alkanes of at least 4 members (excludes halogenated alkanes) is 1. The normalized spacial score (nSPS) is 11.1. The summed E-state index contributed by atoms with van der Waals surface area (Å²) in [4.78, 5) is 21.4. The number of aromatic amines is 1. The molecule has 126 valence electrons. The highest BCUT2D eigenvalue weighted by Crippen LogP contribution is 2.10. The van der Waals surface area contributed by atoms with E-state index in [2.05, 4.69) is 52.4 Å². The van der Waals surface area contributed by atoms with E-state index in [-0.39, 0.29) is 5.56 Å². The zero-order valence-electron chi connectivity index (χ0n) is 14.4. The van der Waals surface area contributed by atoms with E-state index in [0.29, 0.717) is 18.3 Å². The van der Waals surface area contributed by atoms with Crippen molar-refractivity contribution < 1.29 is 0 Å². The van der Waals surface area contributed by atoms with Crippen molar-refractivity contribution in [2.24, 2.45) is 0 Å². The van der Waals surface area contributed by atoms with Crippen LogP contribution < -0.4 is 10.9 Å². The van der Waals surface area contributed by atoms with Gasteiger partial charge in [0.05, 0.1) is 5.69 Å². The predicted octanol–water partition coefficient (Wildman–Crippen LogP) is 2.99. The van der Waals surface area contributed by atoms with E-state index in [0.717, 1.165) is 36.1 Å². The second-order valence-electron chi connectivity index (χ2n) is 6.13. The van der Waals surface area contributed by atoms with Gasteiger partial charge in [-0.3, -0.25) is 9.89 Å². The Morgan fingerprint density at radius 1 is 1.25 bits per heavy atom. The molecular formula is C18H23N5O. The Morgan fingerprint density at radius 3 is 2.83 bits per heavy atom. The average molecular weight is 325 g/mol. The summed E-state index contributed by atoms with van der Waals surface area (Å²) in [5.41, 5.74) is 3.86. The molecule has 0 saturated carbocycles. The lowest BCUT2D eigenvalue weighted by Crippen LogP contribution is -2.22. The standard InChI is InChI=1S/C18H23N5O/c1-4-5-9-15-13(3)20-18-21-17(22-23(18)16(15)24)19-11-14-8-6-7-12(2)10-14/h6-8,10H,4-5,9,11H2,1-3H3,(H2,19,20,21,22). The van der Waals surface area contributed by atoms with Gasteiger partial charge >= 0.3 is 0 Å². The van der Waals surface area contributed by atoms with Gasteiger partial charge in [0.25, 0.3) is 11.3 Å². The molecule has 2 N–H and O–H groups in total. The number of fused-ring (bicyclic) bond motifs is 1. The van der Waals surface area contributed by atoms with E-state index in [1.807, 2.05) is 13.0 Å². The monoisotopic (exact) mass is 325 g/mol. The fourth-order valence-electron chi connectivity index (χ4n) is 2.78. The lowest BCUT2D eigenvalue weighted by molar-refractivity contribution is 0.759. The molecule has 0 aliphatic heterocycles. The molecule has 1 aromatic carbocycles. The number of hydrogen-bond donors (Lipinski definition) is 2. The Hall–Kier alpha value is -2.63. The molecule has 3 rings (SSSR count). The van der Waals surface area contributed by atoms with Crippen LogP contribution in [0.5, 0.6) is 0 Å². The van der Waals surface area contributed by atoms with Crippen LogP contribution in [0.1, 0.15) is 42.1 Å². The van der Waals surface area contributed by atoms with Crippen LogP contribution in [0.2, 0.25) is 0 Å². The lowest BCUT2D eigenvalue weighted by Gasteiger charge is -2.03. The molecule has 0 aliphatic rings. The van der Waals surface area contributed by atoms with Crippen LogP contribution >= 0.6 is 0 Å². The second kappa shape index (κ2) is 6.86. The summed E-state index contributed by atoms with van der Waals surface area (Å²) < 4.78 is 1.43. The third-order valence-corrected chi connectivity index (χ3v) is 4.12. The molecule has 6 heteroatoms. The molecule has 3 aromatic rings. The molecule has 0 amide bonds. The Labute approximate surface area is 141 Å². The fourth-order valence-corrected chi connectivity index (χ4v) is 2.78. The summed E-state index contributed by atoms with van der Waals surface area (Å²) in [6.07, 6.45) is 2.78. The van der Waals surface area contributed by atoms with Gasteiger partial charge in [0.2, 0.25) is 5.95 Å². The second-order valence-corrected chi connectivity index (χ2v) is 6.13. The van der Waals surface area contributed by atoms with Gasteiger partial charge in [-0.25, -0.2) is 4.98 Å². The SMILES string of the molecule is CCCCc1c(C)nc2nc(NCc3cccc(C)c3)[nH]n2c1=O. The number of anilines is 1. The minimum atomic E-state index is -0.0537. The van der Waals surface area contributed by atoms with Crippen LogP contribution in [0.3, 0.4) is 0 Å². The lowest BCUT2D eigenvalue weighted by atomic mass is 10.1. The van der Waals surface area contributed by atoms with Crippen LogP contribution in [0.15, 0.2) is 29.1 Å². The molecule has 6 nitrogen and oxygen atoms in total. The molecule has 0 unspecified atom stereocenters. The van der Waals surface area contributed by atoms with Crippen molar-refractivity contribution in [3.8, 4) is 0 Å². The van der Waals surface area contributed by atoms with Crippen LogP contribution in [0, 0.1) is 13.8 Å². The van der Waals surface area contributed by atoms with E-state index in [1.54, 1.807) is 0 Å². The fraction of sp³-hybridized carbons (Fsp3) is 0.389. The number of rotatable bonds is 6. The number of nitrogens with zero attached hydrogens (tertiary/aromatic N) is 3. The number of H-pyrrole nitrogens is 1. The highest BCUT2D eigenvalue weighted by atomic mass is 16.1. The maximum absolute atomic E-state index is 12.6. The highest BCUT2D eigenvalue weighted by molar-refractivity contribution is 5.39. The summed E-state index contributed by atoms with van der Waals surface area (Å²) in [6, 6.07) is 8.27. The van der Waals surface area contributed by atoms with E-state index in [9.17, 15) is 4.79 Å². The van der Waals surface area contributed by atoms with Crippen LogP contribution in [0.25, 0.3) is 5.78 Å². The number of benzene rings is 1. The molecule has 24 heavy (non-hydrogen) atoms. The molecule has 2 aromatic heterocycles. The minimum Gasteiger partial charge on any atom is -0.351 e. The molecule has 0 spiro atoms. The van der Waals surface area contributed by atoms with E-state index >= 15 is 0 Å². The number of aromatic nitrogens is 4. The summed E-state index contributed by atoms with van der Waals surface area (Å²) in [7, 11) is 0. The van der Waals surface area contributed by atoms with Gasteiger partial charge in [-0.15, -0.1) is 0 Å². The Kier molecular flexibility index (Phi) is 4.64. The third-order valence-electron chi connectivity index (χ3n) is 4.12. The summed E-state index contributed by atoms with van der Waals surface area (Å²) in [6.45, 7) is 6.69. The average Bonchev–Trinajstić information content (AvgIpc) is 2.96. The van der Waals surface area contributed by atoms with E-state index < -0.39 is 0 Å². The van der Waals surface area contributed by atoms with Gasteiger partial charge in [0.15, 0.2) is 0 Å². The largest absolute Gasteiger partial charge is 0.351 e. The van der Waals surface area contributed by atoms with Gasteiger partial charge in [-0.1, -0.05) is 43.2 Å². The molecular weight excluding hydrogens is 302 g/mol. The number of nitrogens with one attached hydrogen (secondary N) is 2. The first-order valence-corrected chi connectivity index (χ1v) is 8.36. The Morgan fingerprint density at radius 2 is 2.08 bits per heavy atom. The van der Waals surface area contributed by atoms with Crippen LogP contribution in [-0.2, 0) is 13.0 Å². The first kappa shape index (κ1) is 16.2.